The molecule has 1 aromatic heterocycles. The number of alkyl halides is 1. The average Bonchev–Trinajstić information content (AvgIpc) is 3.74. The van der Waals surface area contributed by atoms with Crippen LogP contribution in [0.5, 0.6) is 5.75 Å². The Labute approximate surface area is 263 Å². The van der Waals surface area contributed by atoms with Crippen LogP contribution < -0.4 is 15.4 Å². The second-order valence-electron chi connectivity index (χ2n) is 11.6. The van der Waals surface area contributed by atoms with Crippen molar-refractivity contribution >= 4 is 50.4 Å². The van der Waals surface area contributed by atoms with Gasteiger partial charge < -0.3 is 30.1 Å². The molecule has 4 heterocycles. The van der Waals surface area contributed by atoms with Gasteiger partial charge in [-0.2, -0.15) is 0 Å². The number of para-hydroxylation sites is 1. The summed E-state index contributed by atoms with van der Waals surface area (Å²) < 4.78 is 13.7. The fraction of sp³-hybridized carbons (Fsp3) is 0.516. The van der Waals surface area contributed by atoms with Crippen LogP contribution in [0, 0.1) is 11.8 Å². The number of carbonyl (C=O) groups excluding carboxylic acids is 3. The monoisotopic (exact) mass is 668 g/mol. The Morgan fingerprint density at radius 3 is 2.66 bits per heavy atom. The van der Waals surface area contributed by atoms with Crippen LogP contribution in [0.3, 0.4) is 0 Å². The van der Waals surface area contributed by atoms with Crippen molar-refractivity contribution in [3.8, 4) is 5.75 Å². The van der Waals surface area contributed by atoms with Gasteiger partial charge in [-0.05, 0) is 62.6 Å². The van der Waals surface area contributed by atoms with Gasteiger partial charge in [0.05, 0.1) is 30.1 Å². The van der Waals surface area contributed by atoms with E-state index >= 15 is 0 Å². The number of hydrogen-bond donors (Lipinski definition) is 3. The highest BCUT2D eigenvalue weighted by Gasteiger charge is 2.76. The minimum atomic E-state index is -1.16. The van der Waals surface area contributed by atoms with Crippen molar-refractivity contribution in [2.75, 3.05) is 25.1 Å². The van der Waals surface area contributed by atoms with E-state index in [-0.39, 0.29) is 35.8 Å². The highest BCUT2D eigenvalue weighted by atomic mass is 79.9. The van der Waals surface area contributed by atoms with E-state index in [1.54, 1.807) is 33.8 Å². The first kappa shape index (κ1) is 30.5. The number of aliphatic hydroxyl groups excluding tert-OH is 1. The van der Waals surface area contributed by atoms with E-state index in [4.69, 9.17) is 9.47 Å². The second kappa shape index (κ2) is 12.8. The zero-order chi connectivity index (χ0) is 30.8. The maximum Gasteiger partial charge on any atom is 0.247 e. The number of nitrogens with zero attached hydrogens (tertiary/aromatic N) is 4. The van der Waals surface area contributed by atoms with Gasteiger partial charge in [0.15, 0.2) is 0 Å². The molecule has 6 rings (SSSR count). The lowest BCUT2D eigenvalue weighted by molar-refractivity contribution is -0.141. The van der Waals surface area contributed by atoms with Crippen LogP contribution in [0.4, 0.5) is 5.69 Å². The van der Waals surface area contributed by atoms with Gasteiger partial charge in [-0.25, -0.2) is 4.68 Å². The molecule has 0 saturated carbocycles. The molecule has 3 aromatic rings. The summed E-state index contributed by atoms with van der Waals surface area (Å²) >= 11 is 3.71. The number of fused-ring (bicyclic) bond motifs is 2. The molecule has 3 fully saturated rings. The Hall–Kier alpha value is -3.55. The van der Waals surface area contributed by atoms with Crippen molar-refractivity contribution in [1.29, 1.82) is 0 Å². The van der Waals surface area contributed by atoms with Crippen molar-refractivity contribution in [2.45, 2.75) is 68.3 Å². The fourth-order valence-corrected chi connectivity index (χ4v) is 7.97. The molecular weight excluding hydrogens is 632 g/mol. The van der Waals surface area contributed by atoms with Crippen LogP contribution in [0.15, 0.2) is 48.5 Å². The molecule has 6 atom stereocenters. The van der Waals surface area contributed by atoms with E-state index in [1.807, 2.05) is 31.2 Å². The molecule has 3 aliphatic heterocycles. The van der Waals surface area contributed by atoms with Gasteiger partial charge in [0.2, 0.25) is 17.7 Å². The second-order valence-corrected chi connectivity index (χ2v) is 12.7. The largest absolute Gasteiger partial charge is 0.494 e. The van der Waals surface area contributed by atoms with E-state index < -0.39 is 29.6 Å². The lowest BCUT2D eigenvalue weighted by Crippen LogP contribution is -2.56. The molecule has 44 heavy (non-hydrogen) atoms. The molecule has 2 aromatic carbocycles. The predicted molar refractivity (Wildman–Crippen MR) is 165 cm³/mol. The number of anilines is 1. The maximum atomic E-state index is 14.2. The zero-order valence-corrected chi connectivity index (χ0v) is 26.1. The van der Waals surface area contributed by atoms with Gasteiger partial charge >= 0.3 is 0 Å². The number of rotatable bonds is 13. The SMILES string of the molecule is CCOc1ccc(NC(=O)[C@H]2[C@H]3C(=O)N(CCCCCCO)C(C(=O)NCn4nnc5ccccc54)C34CC(Br)[C@@H]2O4)cc1. The summed E-state index contributed by atoms with van der Waals surface area (Å²) in [5.74, 6) is -1.80. The average molecular weight is 670 g/mol. The molecule has 0 radical (unpaired) electrons. The minimum Gasteiger partial charge on any atom is -0.494 e. The van der Waals surface area contributed by atoms with Gasteiger partial charge in [-0.15, -0.1) is 5.10 Å². The first-order chi connectivity index (χ1) is 21.4. The van der Waals surface area contributed by atoms with Crippen LogP contribution in [0.2, 0.25) is 0 Å². The van der Waals surface area contributed by atoms with E-state index in [0.717, 1.165) is 18.4 Å². The first-order valence-corrected chi connectivity index (χ1v) is 16.1. The third-order valence-electron chi connectivity index (χ3n) is 8.90. The molecule has 2 bridgehead atoms. The quantitative estimate of drug-likeness (QED) is 0.186. The molecular formula is C31H37BrN6O6. The van der Waals surface area contributed by atoms with Crippen molar-refractivity contribution in [3.63, 3.8) is 0 Å². The number of benzene rings is 2. The Kier molecular flexibility index (Phi) is 8.88. The van der Waals surface area contributed by atoms with E-state index in [2.05, 4.69) is 36.9 Å². The van der Waals surface area contributed by atoms with Crippen molar-refractivity contribution in [2.24, 2.45) is 11.8 Å². The Bertz CT molecular complexity index is 1520. The van der Waals surface area contributed by atoms with E-state index in [1.165, 1.54) is 0 Å². The zero-order valence-electron chi connectivity index (χ0n) is 24.5. The number of halogens is 1. The van der Waals surface area contributed by atoms with Crippen molar-refractivity contribution in [1.82, 2.24) is 25.2 Å². The molecule has 3 unspecified atom stereocenters. The molecule has 3 N–H and O–H groups in total. The Balaban J connectivity index is 1.25. The smallest absolute Gasteiger partial charge is 0.247 e. The van der Waals surface area contributed by atoms with Crippen LogP contribution in [0.25, 0.3) is 11.0 Å². The fourth-order valence-electron chi connectivity index (χ4n) is 7.03. The summed E-state index contributed by atoms with van der Waals surface area (Å²) in [6.45, 7) is 2.97. The maximum absolute atomic E-state index is 14.2. The lowest BCUT2D eigenvalue weighted by atomic mass is 9.70. The highest BCUT2D eigenvalue weighted by molar-refractivity contribution is 9.09. The van der Waals surface area contributed by atoms with Gasteiger partial charge in [-0.3, -0.25) is 14.4 Å². The molecule has 12 nitrogen and oxygen atoms in total. The molecule has 234 valence electrons. The third kappa shape index (κ3) is 5.45. The topological polar surface area (TPSA) is 148 Å². The number of amides is 3. The summed E-state index contributed by atoms with van der Waals surface area (Å²) in [7, 11) is 0. The van der Waals surface area contributed by atoms with Crippen LogP contribution in [0.1, 0.15) is 39.0 Å². The van der Waals surface area contributed by atoms with Gasteiger partial charge in [0.1, 0.15) is 29.6 Å². The molecule has 0 aliphatic carbocycles. The van der Waals surface area contributed by atoms with Gasteiger partial charge in [0.25, 0.3) is 0 Å². The summed E-state index contributed by atoms with van der Waals surface area (Å²) in [5.41, 5.74) is 0.914. The number of aliphatic hydroxyl groups is 1. The first-order valence-electron chi connectivity index (χ1n) is 15.2. The number of ether oxygens (including phenoxy) is 2. The van der Waals surface area contributed by atoms with Crippen molar-refractivity contribution < 1.29 is 29.0 Å². The summed E-state index contributed by atoms with van der Waals surface area (Å²) in [6, 6.07) is 13.6. The standard InChI is InChI=1S/C31H37BrN6O6/c1-2-43-20-13-11-19(12-14-20)34-28(40)24-25-30(42)37(15-7-3-4-8-16-39)27(31(25)17-21(32)26(24)44-31)29(41)33-18-38-23-10-6-5-9-22(23)35-36-38/h5-6,9-14,21,24-27,39H,2-4,7-8,15-18H2,1H3,(H,33,41)(H,34,40)/t21?,24-,25-,26-,27?,31?/m0/s1. The number of nitrogens with one attached hydrogen (secondary N) is 2. The third-order valence-corrected chi connectivity index (χ3v) is 9.75. The lowest BCUT2D eigenvalue weighted by Gasteiger charge is -2.34. The van der Waals surface area contributed by atoms with E-state index in [0.29, 0.717) is 49.4 Å². The van der Waals surface area contributed by atoms with Crippen LogP contribution in [-0.4, -0.2) is 85.1 Å². The van der Waals surface area contributed by atoms with Crippen LogP contribution >= 0.6 is 15.9 Å². The highest BCUT2D eigenvalue weighted by Crippen LogP contribution is 2.60. The predicted octanol–water partition coefficient (Wildman–Crippen LogP) is 2.84. The molecule has 3 aliphatic rings. The Morgan fingerprint density at radius 1 is 1.11 bits per heavy atom. The minimum absolute atomic E-state index is 0.0674. The van der Waals surface area contributed by atoms with E-state index in [9.17, 15) is 19.5 Å². The normalized spacial score (nSPS) is 27.1. The molecule has 13 heteroatoms. The summed E-state index contributed by atoms with van der Waals surface area (Å²) in [6.07, 6.45) is 2.82. The number of aromatic nitrogens is 3. The number of hydrogen-bond acceptors (Lipinski definition) is 8. The number of unbranched alkanes of at least 4 members (excludes halogenated alkanes) is 3. The Morgan fingerprint density at radius 2 is 1.89 bits per heavy atom. The van der Waals surface area contributed by atoms with Gasteiger partial charge in [-0.1, -0.05) is 46.1 Å². The number of carbonyl (C=O) groups is 3. The van der Waals surface area contributed by atoms with Gasteiger partial charge in [0, 0.05) is 23.7 Å². The molecule has 3 saturated heterocycles. The summed E-state index contributed by atoms with van der Waals surface area (Å²) in [5, 5.41) is 23.4. The van der Waals surface area contributed by atoms with Crippen LogP contribution in [-0.2, 0) is 25.8 Å². The molecule has 3 amide bonds. The number of likely N-dealkylation sites (tertiary alicyclic amines) is 1. The molecule has 1 spiro atoms. The van der Waals surface area contributed by atoms with Crippen molar-refractivity contribution in [3.05, 3.63) is 48.5 Å². The summed E-state index contributed by atoms with van der Waals surface area (Å²) in [4.78, 5) is 43.4.